The zero-order chi connectivity index (χ0) is 10.8. The molecule has 0 spiro atoms. The average molecular weight is 206 g/mol. The van der Waals surface area contributed by atoms with Crippen LogP contribution >= 0.6 is 0 Å². The molecular formula is C13H12F2. The Morgan fingerprint density at radius 2 is 1.80 bits per heavy atom. The molecule has 1 unspecified atom stereocenters. The first kappa shape index (κ1) is 10.1. The van der Waals surface area contributed by atoms with E-state index in [9.17, 15) is 8.78 Å². The van der Waals surface area contributed by atoms with Gasteiger partial charge in [-0.05, 0) is 25.0 Å². The molecule has 0 amide bonds. The lowest BCUT2D eigenvalue weighted by molar-refractivity contribution is 0.519. The molecule has 0 aromatic heterocycles. The topological polar surface area (TPSA) is 0 Å². The predicted molar refractivity (Wildman–Crippen MR) is 56.9 cm³/mol. The number of rotatable bonds is 1. The van der Waals surface area contributed by atoms with Crippen LogP contribution in [-0.4, -0.2) is 0 Å². The third-order valence-corrected chi connectivity index (χ3v) is 2.64. The van der Waals surface area contributed by atoms with Crippen LogP contribution in [0.1, 0.15) is 23.5 Å². The molecule has 0 radical (unpaired) electrons. The lowest BCUT2D eigenvalue weighted by atomic mass is 9.91. The Kier molecular flexibility index (Phi) is 2.67. The summed E-state index contributed by atoms with van der Waals surface area (Å²) in [5.41, 5.74) is 2.04. The standard InChI is InChI=1S/C13H12F2/c1-9-2-4-10(5-3-9)12-7-6-11(14)8-13(12)15/h2-6,8,12H,7H2,1H3. The Balaban J connectivity index is 2.27. The van der Waals surface area contributed by atoms with Crippen molar-refractivity contribution in [3.63, 3.8) is 0 Å². The molecule has 0 aliphatic heterocycles. The predicted octanol–water partition coefficient (Wildman–Crippen LogP) is 4.19. The van der Waals surface area contributed by atoms with Gasteiger partial charge in [0, 0.05) is 12.0 Å². The third-order valence-electron chi connectivity index (χ3n) is 2.64. The number of hydrogen-bond acceptors (Lipinski definition) is 0. The molecule has 2 rings (SSSR count). The molecule has 1 aromatic rings. The average Bonchev–Trinajstić information content (AvgIpc) is 2.20. The van der Waals surface area contributed by atoms with Crippen molar-refractivity contribution in [2.24, 2.45) is 0 Å². The minimum absolute atomic E-state index is 0.315. The largest absolute Gasteiger partial charge is 0.211 e. The van der Waals surface area contributed by atoms with Gasteiger partial charge in [-0.15, -0.1) is 0 Å². The molecule has 78 valence electrons. The van der Waals surface area contributed by atoms with Crippen LogP contribution in [0.2, 0.25) is 0 Å². The van der Waals surface area contributed by atoms with Crippen molar-refractivity contribution in [1.29, 1.82) is 0 Å². The van der Waals surface area contributed by atoms with Gasteiger partial charge < -0.3 is 0 Å². The zero-order valence-electron chi connectivity index (χ0n) is 8.50. The summed E-state index contributed by atoms with van der Waals surface area (Å²) in [7, 11) is 0. The molecule has 0 heterocycles. The Morgan fingerprint density at radius 3 is 2.40 bits per heavy atom. The molecule has 1 atom stereocenters. The van der Waals surface area contributed by atoms with Crippen molar-refractivity contribution in [2.45, 2.75) is 19.3 Å². The number of benzene rings is 1. The SMILES string of the molecule is Cc1ccc(C2CC=C(F)C=C2F)cc1. The van der Waals surface area contributed by atoms with E-state index in [4.69, 9.17) is 0 Å². The van der Waals surface area contributed by atoms with Crippen molar-refractivity contribution < 1.29 is 8.78 Å². The number of aryl methyl sites for hydroxylation is 1. The van der Waals surface area contributed by atoms with Crippen LogP contribution in [-0.2, 0) is 0 Å². The number of hydrogen-bond donors (Lipinski definition) is 0. The Morgan fingerprint density at radius 1 is 1.13 bits per heavy atom. The maximum atomic E-state index is 13.5. The summed E-state index contributed by atoms with van der Waals surface area (Å²) in [6.07, 6.45) is 2.79. The summed E-state index contributed by atoms with van der Waals surface area (Å²) in [4.78, 5) is 0. The van der Waals surface area contributed by atoms with E-state index in [0.717, 1.165) is 17.2 Å². The highest BCUT2D eigenvalue weighted by Gasteiger charge is 2.19. The van der Waals surface area contributed by atoms with E-state index in [2.05, 4.69) is 0 Å². The summed E-state index contributed by atoms with van der Waals surface area (Å²) in [6.45, 7) is 1.98. The van der Waals surface area contributed by atoms with E-state index in [0.29, 0.717) is 6.42 Å². The lowest BCUT2D eigenvalue weighted by Crippen LogP contribution is -2.02. The van der Waals surface area contributed by atoms with Gasteiger partial charge in [-0.3, -0.25) is 0 Å². The van der Waals surface area contributed by atoms with Crippen LogP contribution in [0.3, 0.4) is 0 Å². The summed E-state index contributed by atoms with van der Waals surface area (Å²) in [5, 5.41) is 0. The summed E-state index contributed by atoms with van der Waals surface area (Å²) >= 11 is 0. The van der Waals surface area contributed by atoms with Gasteiger partial charge in [0.25, 0.3) is 0 Å². The second kappa shape index (κ2) is 3.97. The first-order valence-corrected chi connectivity index (χ1v) is 4.96. The van der Waals surface area contributed by atoms with Crippen molar-refractivity contribution in [2.75, 3.05) is 0 Å². The third kappa shape index (κ3) is 2.14. The first-order chi connectivity index (χ1) is 7.16. The van der Waals surface area contributed by atoms with Crippen LogP contribution in [0, 0.1) is 6.92 Å². The van der Waals surface area contributed by atoms with Crippen LogP contribution in [0.25, 0.3) is 0 Å². The smallest absolute Gasteiger partial charge is 0.121 e. The maximum Gasteiger partial charge on any atom is 0.121 e. The fourth-order valence-corrected chi connectivity index (χ4v) is 1.73. The molecule has 1 aliphatic rings. The molecule has 15 heavy (non-hydrogen) atoms. The van der Waals surface area contributed by atoms with E-state index in [1.54, 1.807) is 0 Å². The van der Waals surface area contributed by atoms with Gasteiger partial charge in [-0.25, -0.2) is 8.78 Å². The second-order valence-corrected chi connectivity index (χ2v) is 3.82. The molecule has 0 saturated carbocycles. The molecule has 0 nitrogen and oxygen atoms in total. The Hall–Kier alpha value is -1.44. The van der Waals surface area contributed by atoms with E-state index >= 15 is 0 Å². The molecule has 2 heteroatoms. The molecular weight excluding hydrogens is 194 g/mol. The van der Waals surface area contributed by atoms with Gasteiger partial charge in [0.1, 0.15) is 11.7 Å². The van der Waals surface area contributed by atoms with E-state index in [1.165, 1.54) is 6.08 Å². The molecule has 0 N–H and O–H groups in total. The molecule has 0 bridgehead atoms. The van der Waals surface area contributed by atoms with Gasteiger partial charge in [0.05, 0.1) is 0 Å². The number of allylic oxidation sites excluding steroid dienone is 4. The van der Waals surface area contributed by atoms with Gasteiger partial charge in [-0.2, -0.15) is 0 Å². The summed E-state index contributed by atoms with van der Waals surface area (Å²) in [6, 6.07) is 7.67. The quantitative estimate of drug-likeness (QED) is 0.646. The molecule has 0 saturated heterocycles. The van der Waals surface area contributed by atoms with Crippen LogP contribution in [0.5, 0.6) is 0 Å². The molecule has 1 aliphatic carbocycles. The first-order valence-electron chi connectivity index (χ1n) is 4.96. The highest BCUT2D eigenvalue weighted by molar-refractivity contribution is 5.34. The van der Waals surface area contributed by atoms with Crippen molar-refractivity contribution in [3.8, 4) is 0 Å². The van der Waals surface area contributed by atoms with Gasteiger partial charge in [-0.1, -0.05) is 29.8 Å². The van der Waals surface area contributed by atoms with Crippen molar-refractivity contribution in [1.82, 2.24) is 0 Å². The van der Waals surface area contributed by atoms with Crippen LogP contribution in [0.4, 0.5) is 8.78 Å². The summed E-state index contributed by atoms with van der Waals surface area (Å²) < 4.78 is 26.2. The van der Waals surface area contributed by atoms with Gasteiger partial charge >= 0.3 is 0 Å². The van der Waals surface area contributed by atoms with Crippen LogP contribution < -0.4 is 0 Å². The Bertz CT molecular complexity index is 413. The minimum Gasteiger partial charge on any atom is -0.211 e. The normalized spacial score (nSPS) is 20.9. The molecule has 0 fully saturated rings. The fourth-order valence-electron chi connectivity index (χ4n) is 1.73. The number of halogens is 2. The van der Waals surface area contributed by atoms with Crippen molar-refractivity contribution in [3.05, 3.63) is 59.2 Å². The highest BCUT2D eigenvalue weighted by atomic mass is 19.1. The second-order valence-electron chi connectivity index (χ2n) is 3.82. The van der Waals surface area contributed by atoms with Crippen molar-refractivity contribution >= 4 is 0 Å². The highest BCUT2D eigenvalue weighted by Crippen LogP contribution is 2.34. The minimum atomic E-state index is -0.476. The van der Waals surface area contributed by atoms with Gasteiger partial charge in [0.2, 0.25) is 0 Å². The Labute approximate surface area is 87.9 Å². The molecule has 1 aromatic carbocycles. The van der Waals surface area contributed by atoms with E-state index in [1.807, 2.05) is 31.2 Å². The fraction of sp³-hybridized carbons (Fsp3) is 0.231. The zero-order valence-corrected chi connectivity index (χ0v) is 8.50. The maximum absolute atomic E-state index is 13.5. The lowest BCUT2D eigenvalue weighted by Gasteiger charge is -2.16. The van der Waals surface area contributed by atoms with E-state index < -0.39 is 5.83 Å². The van der Waals surface area contributed by atoms with E-state index in [-0.39, 0.29) is 11.7 Å². The monoisotopic (exact) mass is 206 g/mol. The van der Waals surface area contributed by atoms with Gasteiger partial charge in [0.15, 0.2) is 0 Å². The summed E-state index contributed by atoms with van der Waals surface area (Å²) in [5.74, 6) is -1.18. The van der Waals surface area contributed by atoms with Crippen LogP contribution in [0.15, 0.2) is 48.1 Å².